The molecule has 102 valence electrons. The summed E-state index contributed by atoms with van der Waals surface area (Å²) in [5.74, 6) is 0. The summed E-state index contributed by atoms with van der Waals surface area (Å²) >= 11 is 0. The zero-order chi connectivity index (χ0) is 13.5. The van der Waals surface area contributed by atoms with Gasteiger partial charge in [0.1, 0.15) is 0 Å². The molecule has 4 heteroatoms. The van der Waals surface area contributed by atoms with Crippen LogP contribution in [-0.4, -0.2) is 23.8 Å². The Morgan fingerprint density at radius 2 is 2.16 bits per heavy atom. The van der Waals surface area contributed by atoms with Gasteiger partial charge in [-0.2, -0.15) is 0 Å². The van der Waals surface area contributed by atoms with E-state index in [-0.39, 0.29) is 24.7 Å². The van der Waals surface area contributed by atoms with Crippen molar-refractivity contribution in [3.05, 3.63) is 48.0 Å². The van der Waals surface area contributed by atoms with E-state index < -0.39 is 0 Å². The van der Waals surface area contributed by atoms with Crippen LogP contribution in [0.1, 0.15) is 30.9 Å². The minimum absolute atomic E-state index is 0.101. The van der Waals surface area contributed by atoms with Gasteiger partial charge in [-0.05, 0) is 24.8 Å². The molecule has 1 unspecified atom stereocenters. The van der Waals surface area contributed by atoms with Crippen LogP contribution in [0.3, 0.4) is 0 Å². The Morgan fingerprint density at radius 1 is 1.37 bits per heavy atom. The molecule has 0 radical (unpaired) electrons. The summed E-state index contributed by atoms with van der Waals surface area (Å²) in [5, 5.41) is 15.1. The predicted molar refractivity (Wildman–Crippen MR) is 74.7 cm³/mol. The minimum Gasteiger partial charge on any atom is -0.394 e. The highest BCUT2D eigenvalue weighted by atomic mass is 16.3. The number of allylic oxidation sites excluding steroid dienone is 1. The number of nitrogens with one attached hydrogen (secondary N) is 2. The van der Waals surface area contributed by atoms with Crippen LogP contribution < -0.4 is 10.6 Å². The lowest BCUT2D eigenvalue weighted by atomic mass is 10.0. The highest BCUT2D eigenvalue weighted by Gasteiger charge is 2.16. The first-order valence-corrected chi connectivity index (χ1v) is 6.69. The number of hydrogen-bond donors (Lipinski definition) is 3. The Bertz CT molecular complexity index is 431. The van der Waals surface area contributed by atoms with E-state index in [9.17, 15) is 9.90 Å². The normalized spacial score (nSPS) is 19.7. The monoisotopic (exact) mass is 260 g/mol. The van der Waals surface area contributed by atoms with Crippen LogP contribution in [0.25, 0.3) is 0 Å². The molecule has 2 amide bonds. The molecule has 1 aromatic rings. The van der Waals surface area contributed by atoms with Gasteiger partial charge < -0.3 is 15.7 Å². The number of urea groups is 1. The van der Waals surface area contributed by atoms with Gasteiger partial charge in [0.2, 0.25) is 0 Å². The number of aliphatic hydroxyl groups excluding tert-OH is 1. The summed E-state index contributed by atoms with van der Waals surface area (Å²) in [4.78, 5) is 11.9. The topological polar surface area (TPSA) is 61.4 Å². The molecule has 2 rings (SSSR count). The van der Waals surface area contributed by atoms with Crippen molar-refractivity contribution in [1.82, 2.24) is 10.6 Å². The second kappa shape index (κ2) is 6.95. The minimum atomic E-state index is -0.367. The van der Waals surface area contributed by atoms with Gasteiger partial charge >= 0.3 is 6.03 Å². The first-order chi connectivity index (χ1) is 9.29. The van der Waals surface area contributed by atoms with E-state index >= 15 is 0 Å². The fourth-order valence-corrected chi connectivity index (χ4v) is 2.22. The van der Waals surface area contributed by atoms with Gasteiger partial charge in [-0.25, -0.2) is 4.79 Å². The van der Waals surface area contributed by atoms with Crippen molar-refractivity contribution in [2.45, 2.75) is 31.3 Å². The van der Waals surface area contributed by atoms with Crippen LogP contribution in [-0.2, 0) is 0 Å². The fourth-order valence-electron chi connectivity index (χ4n) is 2.22. The summed E-state index contributed by atoms with van der Waals surface area (Å²) in [6.45, 7) is -0.113. The Labute approximate surface area is 113 Å². The van der Waals surface area contributed by atoms with Crippen molar-refractivity contribution in [2.75, 3.05) is 6.61 Å². The number of benzene rings is 1. The maximum Gasteiger partial charge on any atom is 0.315 e. The van der Waals surface area contributed by atoms with E-state index in [0.717, 1.165) is 24.8 Å². The molecule has 2 atom stereocenters. The fraction of sp³-hybridized carbons (Fsp3) is 0.400. The predicted octanol–water partition coefficient (Wildman–Crippen LogP) is 2.13. The maximum atomic E-state index is 11.9. The number of carbonyl (C=O) groups is 1. The first-order valence-electron chi connectivity index (χ1n) is 6.69. The van der Waals surface area contributed by atoms with Crippen molar-refractivity contribution < 1.29 is 9.90 Å². The van der Waals surface area contributed by atoms with Crippen LogP contribution in [0.5, 0.6) is 0 Å². The standard InChI is InChI=1S/C15H20N2O2/c18-11-14(12-7-3-1-4-8-12)17-15(19)16-13-9-5-2-6-10-13/h1,3-5,7-9,13-14,18H,2,6,10-11H2,(H2,16,17,19)/t13?,14-/m1/s1. The highest BCUT2D eigenvalue weighted by molar-refractivity contribution is 5.75. The third-order valence-electron chi connectivity index (χ3n) is 3.26. The van der Waals surface area contributed by atoms with Crippen LogP contribution >= 0.6 is 0 Å². The van der Waals surface area contributed by atoms with Gasteiger partial charge in [-0.15, -0.1) is 0 Å². The molecule has 3 N–H and O–H groups in total. The number of aliphatic hydroxyl groups is 1. The molecule has 19 heavy (non-hydrogen) atoms. The molecule has 0 aliphatic heterocycles. The van der Waals surface area contributed by atoms with E-state index in [4.69, 9.17) is 0 Å². The van der Waals surface area contributed by atoms with Crippen LogP contribution in [0.2, 0.25) is 0 Å². The van der Waals surface area contributed by atoms with Gasteiger partial charge in [-0.1, -0.05) is 42.5 Å². The molecular weight excluding hydrogens is 240 g/mol. The smallest absolute Gasteiger partial charge is 0.315 e. The molecule has 0 fully saturated rings. The molecule has 1 aliphatic rings. The van der Waals surface area contributed by atoms with Crippen LogP contribution in [0.4, 0.5) is 4.79 Å². The molecule has 0 spiro atoms. The van der Waals surface area contributed by atoms with Crippen molar-refractivity contribution in [2.24, 2.45) is 0 Å². The molecule has 1 aromatic carbocycles. The Hall–Kier alpha value is -1.81. The highest BCUT2D eigenvalue weighted by Crippen LogP contribution is 2.12. The SMILES string of the molecule is O=C(NC1C=CCCC1)N[C@H](CO)c1ccccc1. The summed E-state index contributed by atoms with van der Waals surface area (Å²) in [5.41, 5.74) is 0.902. The van der Waals surface area contributed by atoms with Gasteiger partial charge in [0.05, 0.1) is 12.6 Å². The second-order valence-electron chi connectivity index (χ2n) is 4.73. The third kappa shape index (κ3) is 4.10. The van der Waals surface area contributed by atoms with Gasteiger partial charge in [0, 0.05) is 6.04 Å². The maximum absolute atomic E-state index is 11.9. The lowest BCUT2D eigenvalue weighted by molar-refractivity contribution is 0.215. The average molecular weight is 260 g/mol. The van der Waals surface area contributed by atoms with Crippen molar-refractivity contribution in [3.8, 4) is 0 Å². The van der Waals surface area contributed by atoms with E-state index in [2.05, 4.69) is 16.7 Å². The van der Waals surface area contributed by atoms with E-state index in [1.807, 2.05) is 36.4 Å². The lowest BCUT2D eigenvalue weighted by Crippen LogP contribution is -2.44. The lowest BCUT2D eigenvalue weighted by Gasteiger charge is -2.21. The zero-order valence-electron chi connectivity index (χ0n) is 10.9. The number of amides is 2. The van der Waals surface area contributed by atoms with Gasteiger partial charge in [-0.3, -0.25) is 0 Å². The molecule has 0 aromatic heterocycles. The van der Waals surface area contributed by atoms with E-state index in [0.29, 0.717) is 0 Å². The Morgan fingerprint density at radius 3 is 2.79 bits per heavy atom. The van der Waals surface area contributed by atoms with E-state index in [1.165, 1.54) is 0 Å². The van der Waals surface area contributed by atoms with Crippen LogP contribution in [0, 0.1) is 0 Å². The van der Waals surface area contributed by atoms with Crippen molar-refractivity contribution in [3.63, 3.8) is 0 Å². The summed E-state index contributed by atoms with van der Waals surface area (Å²) in [6, 6.07) is 8.97. The third-order valence-corrected chi connectivity index (χ3v) is 3.26. The van der Waals surface area contributed by atoms with E-state index in [1.54, 1.807) is 0 Å². The summed E-state index contributed by atoms with van der Waals surface area (Å²) < 4.78 is 0. The molecule has 4 nitrogen and oxygen atoms in total. The molecule has 1 aliphatic carbocycles. The molecular formula is C15H20N2O2. The van der Waals surface area contributed by atoms with Gasteiger partial charge in [0.25, 0.3) is 0 Å². The second-order valence-corrected chi connectivity index (χ2v) is 4.73. The molecule has 0 bridgehead atoms. The summed E-state index contributed by atoms with van der Waals surface area (Å²) in [6.07, 6.45) is 7.28. The van der Waals surface area contributed by atoms with Crippen molar-refractivity contribution >= 4 is 6.03 Å². The zero-order valence-corrected chi connectivity index (χ0v) is 10.9. The molecule has 0 saturated heterocycles. The van der Waals surface area contributed by atoms with Crippen molar-refractivity contribution in [1.29, 1.82) is 0 Å². The van der Waals surface area contributed by atoms with Crippen LogP contribution in [0.15, 0.2) is 42.5 Å². The Balaban J connectivity index is 1.89. The number of hydrogen-bond acceptors (Lipinski definition) is 2. The largest absolute Gasteiger partial charge is 0.394 e. The average Bonchev–Trinajstić information content (AvgIpc) is 2.47. The molecule has 0 saturated carbocycles. The van der Waals surface area contributed by atoms with Gasteiger partial charge in [0.15, 0.2) is 0 Å². The molecule has 0 heterocycles. The summed E-state index contributed by atoms with van der Waals surface area (Å²) in [7, 11) is 0. The first kappa shape index (κ1) is 13.6. The number of carbonyl (C=O) groups excluding carboxylic acids is 1. The Kier molecular flexibility index (Phi) is 4.98. The number of rotatable bonds is 4. The quantitative estimate of drug-likeness (QED) is 0.726.